The van der Waals surface area contributed by atoms with E-state index >= 15 is 0 Å². The molecule has 6 nitrogen and oxygen atoms in total. The van der Waals surface area contributed by atoms with E-state index in [-0.39, 0.29) is 23.7 Å². The van der Waals surface area contributed by atoms with Crippen molar-refractivity contribution in [1.82, 2.24) is 4.90 Å². The molecule has 2 amide bonds. The third-order valence-corrected chi connectivity index (χ3v) is 4.55. The Morgan fingerprint density at radius 3 is 2.44 bits per heavy atom. The predicted molar refractivity (Wildman–Crippen MR) is 94.8 cm³/mol. The fraction of sp³-hybridized carbons (Fsp3) is 0.579. The Balaban J connectivity index is 1.57. The number of anilines is 1. The summed E-state index contributed by atoms with van der Waals surface area (Å²) in [6, 6.07) is 5.36. The third-order valence-electron chi connectivity index (χ3n) is 4.55. The number of rotatable bonds is 7. The highest BCUT2D eigenvalue weighted by Crippen LogP contribution is 2.41. The number of ether oxygens (including phenoxy) is 2. The van der Waals surface area contributed by atoms with Crippen LogP contribution in [0, 0.1) is 11.8 Å². The molecular weight excluding hydrogens is 320 g/mol. The monoisotopic (exact) mass is 346 g/mol. The maximum absolute atomic E-state index is 12.6. The molecule has 136 valence electrons. The lowest BCUT2D eigenvalue weighted by atomic mass is 10.2. The van der Waals surface area contributed by atoms with Gasteiger partial charge in [-0.25, -0.2) is 0 Å². The fourth-order valence-corrected chi connectivity index (χ4v) is 3.22. The van der Waals surface area contributed by atoms with Gasteiger partial charge < -0.3 is 19.7 Å². The van der Waals surface area contributed by atoms with E-state index < -0.39 is 0 Å². The van der Waals surface area contributed by atoms with Crippen molar-refractivity contribution in [2.24, 2.45) is 11.8 Å². The van der Waals surface area contributed by atoms with E-state index in [2.05, 4.69) is 19.2 Å². The average molecular weight is 346 g/mol. The third kappa shape index (κ3) is 4.06. The van der Waals surface area contributed by atoms with E-state index in [1.54, 1.807) is 18.2 Å². The fourth-order valence-electron chi connectivity index (χ4n) is 3.22. The quantitative estimate of drug-likeness (QED) is 0.824. The van der Waals surface area contributed by atoms with Crippen molar-refractivity contribution in [3.63, 3.8) is 0 Å². The van der Waals surface area contributed by atoms with Crippen LogP contribution in [0.5, 0.6) is 11.5 Å². The summed E-state index contributed by atoms with van der Waals surface area (Å²) in [6.45, 7) is 6.70. The molecule has 0 radical (unpaired) electrons. The maximum atomic E-state index is 12.6. The van der Waals surface area contributed by atoms with Crippen molar-refractivity contribution in [1.29, 1.82) is 0 Å². The molecule has 1 aliphatic carbocycles. The number of fused-ring (bicyclic) bond motifs is 1. The van der Waals surface area contributed by atoms with Gasteiger partial charge in [0.1, 0.15) is 13.2 Å². The molecule has 2 unspecified atom stereocenters. The van der Waals surface area contributed by atoms with Gasteiger partial charge in [-0.1, -0.05) is 13.8 Å². The van der Waals surface area contributed by atoms with Crippen molar-refractivity contribution in [3.05, 3.63) is 18.2 Å². The van der Waals surface area contributed by atoms with E-state index in [9.17, 15) is 9.59 Å². The van der Waals surface area contributed by atoms with E-state index in [1.165, 1.54) is 0 Å². The molecule has 1 aromatic carbocycles. The number of hydrogen-bond donors (Lipinski definition) is 1. The lowest BCUT2D eigenvalue weighted by Gasteiger charge is -2.21. The molecule has 0 spiro atoms. The van der Waals surface area contributed by atoms with Crippen molar-refractivity contribution in [3.8, 4) is 11.5 Å². The van der Waals surface area contributed by atoms with Gasteiger partial charge in [0, 0.05) is 24.8 Å². The molecule has 1 N–H and O–H groups in total. The van der Waals surface area contributed by atoms with E-state index in [0.29, 0.717) is 36.8 Å². The molecular formula is C19H26N2O4. The molecule has 2 atom stereocenters. The second-order valence-electron chi connectivity index (χ2n) is 6.62. The number of hydrogen-bond acceptors (Lipinski definition) is 4. The van der Waals surface area contributed by atoms with E-state index in [0.717, 1.165) is 25.9 Å². The largest absolute Gasteiger partial charge is 0.486 e. The number of amides is 2. The molecule has 1 heterocycles. The topological polar surface area (TPSA) is 67.9 Å². The van der Waals surface area contributed by atoms with Crippen molar-refractivity contribution >= 4 is 17.5 Å². The molecule has 3 rings (SSSR count). The molecule has 6 heteroatoms. The second-order valence-corrected chi connectivity index (χ2v) is 6.62. The molecule has 1 aliphatic heterocycles. The van der Waals surface area contributed by atoms with Crippen LogP contribution < -0.4 is 14.8 Å². The minimum atomic E-state index is -0.225. The summed E-state index contributed by atoms with van der Waals surface area (Å²) in [4.78, 5) is 26.9. The molecule has 1 aromatic rings. The zero-order valence-corrected chi connectivity index (χ0v) is 14.9. The first-order chi connectivity index (χ1) is 12.1. The Morgan fingerprint density at radius 1 is 1.08 bits per heavy atom. The summed E-state index contributed by atoms with van der Waals surface area (Å²) < 4.78 is 11.0. The number of carbonyl (C=O) groups is 2. The number of nitrogens with one attached hydrogen (secondary N) is 1. The van der Waals surface area contributed by atoms with Crippen LogP contribution in [0.2, 0.25) is 0 Å². The highest BCUT2D eigenvalue weighted by molar-refractivity contribution is 5.99. The van der Waals surface area contributed by atoms with E-state index in [4.69, 9.17) is 9.47 Å². The minimum absolute atomic E-state index is 0.0945. The highest BCUT2D eigenvalue weighted by Gasteiger charge is 2.49. The number of benzene rings is 1. The molecule has 0 bridgehead atoms. The zero-order valence-electron chi connectivity index (χ0n) is 14.9. The van der Waals surface area contributed by atoms with Gasteiger partial charge >= 0.3 is 0 Å². The summed E-state index contributed by atoms with van der Waals surface area (Å²) in [7, 11) is 0. The van der Waals surface area contributed by atoms with Gasteiger partial charge in [0.25, 0.3) is 0 Å². The molecule has 0 aromatic heterocycles. The first-order valence-corrected chi connectivity index (χ1v) is 9.13. The highest BCUT2D eigenvalue weighted by atomic mass is 16.6. The summed E-state index contributed by atoms with van der Waals surface area (Å²) in [5.41, 5.74) is 0.673. The van der Waals surface area contributed by atoms with Gasteiger partial charge in [-0.05, 0) is 31.4 Å². The van der Waals surface area contributed by atoms with Crippen LogP contribution in [0.3, 0.4) is 0 Å². The van der Waals surface area contributed by atoms with Gasteiger partial charge in [-0.15, -0.1) is 0 Å². The number of carbonyl (C=O) groups excluding carboxylic acids is 2. The first-order valence-electron chi connectivity index (χ1n) is 9.13. The smallest absolute Gasteiger partial charge is 0.228 e. The Morgan fingerprint density at radius 2 is 1.76 bits per heavy atom. The molecule has 1 saturated carbocycles. The van der Waals surface area contributed by atoms with Crippen LogP contribution in [0.25, 0.3) is 0 Å². The first kappa shape index (κ1) is 17.6. The Kier molecular flexibility index (Phi) is 5.46. The molecule has 25 heavy (non-hydrogen) atoms. The van der Waals surface area contributed by atoms with Gasteiger partial charge in [0.2, 0.25) is 11.8 Å². The molecule has 0 saturated heterocycles. The molecule has 2 aliphatic rings. The van der Waals surface area contributed by atoms with Crippen molar-refractivity contribution in [2.45, 2.75) is 33.1 Å². The van der Waals surface area contributed by atoms with E-state index in [1.807, 2.05) is 4.90 Å². The lowest BCUT2D eigenvalue weighted by molar-refractivity contribution is -0.134. The van der Waals surface area contributed by atoms with Crippen LogP contribution >= 0.6 is 0 Å². The van der Waals surface area contributed by atoms with Crippen LogP contribution in [0.4, 0.5) is 5.69 Å². The zero-order chi connectivity index (χ0) is 17.8. The summed E-state index contributed by atoms with van der Waals surface area (Å²) in [5, 5.41) is 2.90. The van der Waals surface area contributed by atoms with Gasteiger partial charge in [-0.2, -0.15) is 0 Å². The van der Waals surface area contributed by atoms with Gasteiger partial charge in [-0.3, -0.25) is 9.59 Å². The summed E-state index contributed by atoms with van der Waals surface area (Å²) in [6.07, 6.45) is 2.51. The van der Waals surface area contributed by atoms with Crippen LogP contribution in [0.15, 0.2) is 18.2 Å². The van der Waals surface area contributed by atoms with Gasteiger partial charge in [0.15, 0.2) is 11.5 Å². The predicted octanol–water partition coefficient (Wildman–Crippen LogP) is 2.68. The summed E-state index contributed by atoms with van der Waals surface area (Å²) >= 11 is 0. The molecule has 1 fully saturated rings. The average Bonchev–Trinajstić information content (AvgIpc) is 3.42. The van der Waals surface area contributed by atoms with Crippen LogP contribution in [0.1, 0.15) is 33.1 Å². The maximum Gasteiger partial charge on any atom is 0.228 e. The second kappa shape index (κ2) is 7.76. The summed E-state index contributed by atoms with van der Waals surface area (Å²) in [5.74, 6) is 0.962. The van der Waals surface area contributed by atoms with Crippen molar-refractivity contribution in [2.75, 3.05) is 31.6 Å². The van der Waals surface area contributed by atoms with Crippen LogP contribution in [-0.4, -0.2) is 43.0 Å². The Bertz CT molecular complexity index is 640. The normalized spacial score (nSPS) is 20.7. The minimum Gasteiger partial charge on any atom is -0.486 e. The van der Waals surface area contributed by atoms with Crippen LogP contribution in [-0.2, 0) is 9.59 Å². The standard InChI is InChI=1S/C19H26N2O4/c1-3-7-21(8-4-2)19(23)15-12-14(15)18(22)20-13-5-6-16-17(11-13)25-10-9-24-16/h5-6,11,14-15H,3-4,7-10,12H2,1-2H3,(H,20,22). The van der Waals surface area contributed by atoms with Crippen molar-refractivity contribution < 1.29 is 19.1 Å². The lowest BCUT2D eigenvalue weighted by Crippen LogP contribution is -2.34. The Hall–Kier alpha value is -2.24. The number of nitrogens with zero attached hydrogens (tertiary/aromatic N) is 1. The SMILES string of the molecule is CCCN(CCC)C(=O)C1CC1C(=O)Nc1ccc2c(c1)OCCO2. The van der Waals surface area contributed by atoms with Gasteiger partial charge in [0.05, 0.1) is 11.8 Å². The Labute approximate surface area is 148 Å².